The molecule has 1 saturated heterocycles. The summed E-state index contributed by atoms with van der Waals surface area (Å²) in [6.45, 7) is 9.94. The van der Waals surface area contributed by atoms with E-state index in [2.05, 4.69) is 18.0 Å². The van der Waals surface area contributed by atoms with Crippen molar-refractivity contribution in [3.05, 3.63) is 34.7 Å². The Bertz CT molecular complexity index is 586. The number of nitrogens with zero attached hydrogens (tertiary/aromatic N) is 2. The first-order valence-electron chi connectivity index (χ1n) is 8.55. The van der Waals surface area contributed by atoms with Gasteiger partial charge in [0.1, 0.15) is 0 Å². The molecular weight excluding hydrogens is 286 g/mol. The minimum Gasteiger partial charge on any atom is -0.362 e. The highest BCUT2D eigenvalue weighted by molar-refractivity contribution is 5.95. The summed E-state index contributed by atoms with van der Waals surface area (Å²) in [6.07, 6.45) is 6.27. The Morgan fingerprint density at radius 3 is 2.52 bits per heavy atom. The maximum atomic E-state index is 12.8. The van der Waals surface area contributed by atoms with Crippen molar-refractivity contribution in [2.24, 2.45) is 0 Å². The van der Waals surface area contributed by atoms with E-state index >= 15 is 0 Å². The zero-order valence-electron chi connectivity index (χ0n) is 14.4. The van der Waals surface area contributed by atoms with Crippen molar-refractivity contribution in [1.82, 2.24) is 10.2 Å². The van der Waals surface area contributed by atoms with Crippen LogP contribution in [0, 0.1) is 11.3 Å². The molecule has 2 aliphatic heterocycles. The van der Waals surface area contributed by atoms with Gasteiger partial charge in [0, 0.05) is 42.9 Å². The quantitative estimate of drug-likeness (QED) is 0.786. The highest BCUT2D eigenvalue weighted by Gasteiger charge is 2.26. The molecule has 1 amide bonds. The predicted molar refractivity (Wildman–Crippen MR) is 92.2 cm³/mol. The summed E-state index contributed by atoms with van der Waals surface area (Å²) >= 11 is 0. The van der Waals surface area contributed by atoms with Gasteiger partial charge in [-0.05, 0) is 57.1 Å². The molecule has 1 N–H and O–H groups in total. The summed E-state index contributed by atoms with van der Waals surface area (Å²) in [5.74, 6) is 0.171. The van der Waals surface area contributed by atoms with Crippen molar-refractivity contribution in [3.63, 3.8) is 0 Å². The van der Waals surface area contributed by atoms with Gasteiger partial charge in [-0.15, -0.1) is 0 Å². The van der Waals surface area contributed by atoms with Gasteiger partial charge in [0.2, 0.25) is 0 Å². The summed E-state index contributed by atoms with van der Waals surface area (Å²) in [4.78, 5) is 14.8. The topological polar surface area (TPSA) is 56.1 Å². The lowest BCUT2D eigenvalue weighted by Crippen LogP contribution is -2.38. The standard InChI is InChI=1S/C19H27N3O/c1-14(9-5-6-10-20)17-13-18(16(3)21-15(17)2)19(23)22-11-7-4-8-12-22/h21H,1,4-9,11-13H2,2-3H3. The van der Waals surface area contributed by atoms with E-state index in [4.69, 9.17) is 5.26 Å². The molecule has 0 radical (unpaired) electrons. The van der Waals surface area contributed by atoms with Crippen molar-refractivity contribution in [2.45, 2.75) is 58.8 Å². The molecule has 0 aromatic heterocycles. The molecular formula is C19H27N3O. The summed E-state index contributed by atoms with van der Waals surface area (Å²) in [5.41, 5.74) is 5.09. The molecule has 0 aromatic rings. The monoisotopic (exact) mass is 313 g/mol. The summed E-state index contributed by atoms with van der Waals surface area (Å²) in [5, 5.41) is 12.0. The van der Waals surface area contributed by atoms with Crippen LogP contribution in [0.15, 0.2) is 34.7 Å². The largest absolute Gasteiger partial charge is 0.362 e. The molecule has 4 nitrogen and oxygen atoms in total. The average Bonchev–Trinajstić information content (AvgIpc) is 2.55. The second-order valence-electron chi connectivity index (χ2n) is 6.48. The van der Waals surface area contributed by atoms with E-state index < -0.39 is 0 Å². The third kappa shape index (κ3) is 4.25. The van der Waals surface area contributed by atoms with Crippen LogP contribution in [0.4, 0.5) is 0 Å². The van der Waals surface area contributed by atoms with Crippen LogP contribution in [-0.2, 0) is 4.79 Å². The Morgan fingerprint density at radius 2 is 1.87 bits per heavy atom. The maximum Gasteiger partial charge on any atom is 0.251 e. The Hall–Kier alpha value is -2.02. The molecule has 23 heavy (non-hydrogen) atoms. The van der Waals surface area contributed by atoms with Crippen LogP contribution < -0.4 is 5.32 Å². The smallest absolute Gasteiger partial charge is 0.251 e. The number of dihydropyridines is 1. The Balaban J connectivity index is 2.07. The van der Waals surface area contributed by atoms with Crippen molar-refractivity contribution in [1.29, 1.82) is 5.26 Å². The first kappa shape index (κ1) is 17.3. The van der Waals surface area contributed by atoms with Crippen LogP contribution in [0.2, 0.25) is 0 Å². The molecule has 2 rings (SSSR count). The van der Waals surface area contributed by atoms with E-state index in [9.17, 15) is 4.79 Å². The number of nitrogens with one attached hydrogen (secondary N) is 1. The minimum atomic E-state index is 0.171. The van der Waals surface area contributed by atoms with Gasteiger partial charge in [0.25, 0.3) is 5.91 Å². The molecule has 4 heteroatoms. The number of rotatable bonds is 5. The molecule has 124 valence electrons. The van der Waals surface area contributed by atoms with Gasteiger partial charge in [-0.3, -0.25) is 4.79 Å². The van der Waals surface area contributed by atoms with E-state index in [-0.39, 0.29) is 5.91 Å². The zero-order valence-corrected chi connectivity index (χ0v) is 14.4. The van der Waals surface area contributed by atoms with Gasteiger partial charge in [-0.1, -0.05) is 6.58 Å². The second kappa shape index (κ2) is 8.01. The number of amides is 1. The van der Waals surface area contributed by atoms with Gasteiger partial charge in [0.05, 0.1) is 6.07 Å². The predicted octanol–water partition coefficient (Wildman–Crippen LogP) is 3.79. The molecule has 0 aliphatic carbocycles. The van der Waals surface area contributed by atoms with Gasteiger partial charge in [-0.25, -0.2) is 0 Å². The normalized spacial score (nSPS) is 18.6. The lowest BCUT2D eigenvalue weighted by Gasteiger charge is -2.31. The summed E-state index contributed by atoms with van der Waals surface area (Å²) in [7, 11) is 0. The number of hydrogen-bond acceptors (Lipinski definition) is 3. The highest BCUT2D eigenvalue weighted by atomic mass is 16.2. The molecule has 0 saturated carbocycles. The number of allylic oxidation sites excluding steroid dienone is 4. The number of hydrogen-bond donors (Lipinski definition) is 1. The summed E-state index contributed by atoms with van der Waals surface area (Å²) in [6, 6.07) is 2.17. The Labute approximate surface area is 139 Å². The number of carbonyl (C=O) groups excluding carboxylic acids is 1. The SMILES string of the molecule is C=C(CCCC#N)C1=C(C)NC(C)=C(C(=O)N2CCCCC2)C1. The number of likely N-dealkylation sites (tertiary alicyclic amines) is 1. The van der Waals surface area contributed by atoms with E-state index in [0.29, 0.717) is 12.8 Å². The third-order valence-corrected chi connectivity index (χ3v) is 4.73. The fraction of sp³-hybridized carbons (Fsp3) is 0.579. The molecule has 0 aromatic carbocycles. The fourth-order valence-electron chi connectivity index (χ4n) is 3.32. The first-order chi connectivity index (χ1) is 11.0. The maximum absolute atomic E-state index is 12.8. The van der Waals surface area contributed by atoms with Crippen LogP contribution in [0.1, 0.15) is 58.8 Å². The van der Waals surface area contributed by atoms with Gasteiger partial charge >= 0.3 is 0 Å². The van der Waals surface area contributed by atoms with E-state index in [1.807, 2.05) is 18.7 Å². The van der Waals surface area contributed by atoms with E-state index in [0.717, 1.165) is 66.9 Å². The third-order valence-electron chi connectivity index (χ3n) is 4.73. The van der Waals surface area contributed by atoms with E-state index in [1.54, 1.807) is 0 Å². The second-order valence-corrected chi connectivity index (χ2v) is 6.48. The van der Waals surface area contributed by atoms with Gasteiger partial charge < -0.3 is 10.2 Å². The molecule has 1 fully saturated rings. The number of unbranched alkanes of at least 4 members (excludes halogenated alkanes) is 1. The molecule has 2 aliphatic rings. The van der Waals surface area contributed by atoms with Crippen LogP contribution in [-0.4, -0.2) is 23.9 Å². The van der Waals surface area contributed by atoms with Crippen LogP contribution in [0.25, 0.3) is 0 Å². The average molecular weight is 313 g/mol. The molecule has 0 bridgehead atoms. The van der Waals surface area contributed by atoms with Crippen LogP contribution >= 0.6 is 0 Å². The van der Waals surface area contributed by atoms with Crippen molar-refractivity contribution < 1.29 is 4.79 Å². The van der Waals surface area contributed by atoms with Crippen LogP contribution in [0.5, 0.6) is 0 Å². The van der Waals surface area contributed by atoms with Crippen molar-refractivity contribution in [2.75, 3.05) is 13.1 Å². The Kier molecular flexibility index (Phi) is 6.04. The number of carbonyl (C=O) groups is 1. The fourth-order valence-corrected chi connectivity index (χ4v) is 3.32. The molecule has 0 unspecified atom stereocenters. The lowest BCUT2D eigenvalue weighted by molar-refractivity contribution is -0.128. The summed E-state index contributed by atoms with van der Waals surface area (Å²) < 4.78 is 0. The van der Waals surface area contributed by atoms with Gasteiger partial charge in [0.15, 0.2) is 0 Å². The number of nitriles is 1. The lowest BCUT2D eigenvalue weighted by atomic mass is 9.90. The van der Waals surface area contributed by atoms with Crippen LogP contribution in [0.3, 0.4) is 0 Å². The molecule has 0 spiro atoms. The van der Waals surface area contributed by atoms with Crippen molar-refractivity contribution >= 4 is 5.91 Å². The first-order valence-corrected chi connectivity index (χ1v) is 8.55. The molecule has 0 atom stereocenters. The highest BCUT2D eigenvalue weighted by Crippen LogP contribution is 2.31. The van der Waals surface area contributed by atoms with Crippen molar-refractivity contribution in [3.8, 4) is 6.07 Å². The zero-order chi connectivity index (χ0) is 16.8. The van der Waals surface area contributed by atoms with Gasteiger partial charge in [-0.2, -0.15) is 5.26 Å². The Morgan fingerprint density at radius 1 is 1.22 bits per heavy atom. The number of piperidine rings is 1. The molecule has 2 heterocycles. The van der Waals surface area contributed by atoms with E-state index in [1.165, 1.54) is 6.42 Å². The minimum absolute atomic E-state index is 0.171.